The zero-order valence-corrected chi connectivity index (χ0v) is 13.2. The molecule has 0 spiro atoms. The quantitative estimate of drug-likeness (QED) is 0.755. The van der Waals surface area contributed by atoms with Crippen LogP contribution in [0.1, 0.15) is 50.4 Å². The molecule has 0 bridgehead atoms. The fraction of sp³-hybridized carbons (Fsp3) is 0.600. The first-order valence-corrected chi connectivity index (χ1v) is 8.14. The van der Waals surface area contributed by atoms with Crippen molar-refractivity contribution in [1.82, 2.24) is 10.6 Å². The highest BCUT2D eigenvalue weighted by atomic mass is 32.1. The summed E-state index contributed by atoms with van der Waals surface area (Å²) in [6.45, 7) is 4.11. The number of thiophene rings is 1. The van der Waals surface area contributed by atoms with E-state index in [-0.39, 0.29) is 24.4 Å². The first-order chi connectivity index (χ1) is 9.92. The largest absolute Gasteiger partial charge is 0.481 e. The lowest BCUT2D eigenvalue weighted by atomic mass is 9.74. The number of hydrogen-bond acceptors (Lipinski definition) is 3. The molecular formula is C15H22N2O3S. The number of urea groups is 1. The first-order valence-electron chi connectivity index (χ1n) is 7.26. The van der Waals surface area contributed by atoms with Crippen molar-refractivity contribution < 1.29 is 14.7 Å². The molecule has 0 radical (unpaired) electrons. The van der Waals surface area contributed by atoms with Gasteiger partial charge in [-0.3, -0.25) is 4.79 Å². The molecule has 1 heterocycles. The molecule has 2 rings (SSSR count). The normalized spacial score (nSPS) is 17.9. The van der Waals surface area contributed by atoms with Gasteiger partial charge >= 0.3 is 12.0 Å². The van der Waals surface area contributed by atoms with Crippen molar-refractivity contribution in [2.75, 3.05) is 0 Å². The highest BCUT2D eigenvalue weighted by Crippen LogP contribution is 2.35. The number of hydrogen-bond donors (Lipinski definition) is 3. The number of carbonyl (C=O) groups is 2. The average molecular weight is 310 g/mol. The summed E-state index contributed by atoms with van der Waals surface area (Å²) in [5, 5.41) is 16.8. The Labute approximate surface area is 128 Å². The molecule has 1 aliphatic rings. The highest BCUT2D eigenvalue weighted by Gasteiger charge is 2.40. The van der Waals surface area contributed by atoms with E-state index in [1.807, 2.05) is 17.5 Å². The van der Waals surface area contributed by atoms with Crippen LogP contribution >= 0.6 is 11.3 Å². The molecule has 2 amide bonds. The molecule has 1 saturated carbocycles. The topological polar surface area (TPSA) is 78.4 Å². The van der Waals surface area contributed by atoms with Crippen LogP contribution in [0, 0.1) is 5.92 Å². The molecule has 0 saturated heterocycles. The van der Waals surface area contributed by atoms with Crippen molar-refractivity contribution in [3.05, 3.63) is 22.4 Å². The van der Waals surface area contributed by atoms with Crippen molar-refractivity contribution in [1.29, 1.82) is 0 Å². The van der Waals surface area contributed by atoms with Crippen LogP contribution in [0.2, 0.25) is 0 Å². The maximum Gasteiger partial charge on any atom is 0.315 e. The van der Waals surface area contributed by atoms with Gasteiger partial charge in [0.05, 0.1) is 18.0 Å². The Balaban J connectivity index is 1.98. The highest BCUT2D eigenvalue weighted by molar-refractivity contribution is 7.10. The third-order valence-corrected chi connectivity index (χ3v) is 4.94. The smallest absolute Gasteiger partial charge is 0.315 e. The van der Waals surface area contributed by atoms with Crippen molar-refractivity contribution in [3.63, 3.8) is 0 Å². The maximum atomic E-state index is 12.2. The lowest BCUT2D eigenvalue weighted by Gasteiger charge is -2.41. The lowest BCUT2D eigenvalue weighted by molar-refractivity contribution is -0.139. The van der Waals surface area contributed by atoms with E-state index in [0.29, 0.717) is 0 Å². The fourth-order valence-corrected chi connectivity index (χ4v) is 3.64. The lowest BCUT2D eigenvalue weighted by Crippen LogP contribution is -2.57. The SMILES string of the molecule is CC(C)C(NC(=O)NC1(CC(=O)O)CCC1)c1cccs1. The van der Waals surface area contributed by atoms with E-state index in [9.17, 15) is 9.59 Å². The van der Waals surface area contributed by atoms with Crippen molar-refractivity contribution in [2.24, 2.45) is 5.92 Å². The first kappa shape index (κ1) is 15.8. The minimum atomic E-state index is -0.867. The zero-order chi connectivity index (χ0) is 15.5. The fourth-order valence-electron chi connectivity index (χ4n) is 2.69. The number of carbonyl (C=O) groups excluding carboxylic acids is 1. The van der Waals surface area contributed by atoms with Gasteiger partial charge in [0.25, 0.3) is 0 Å². The Morgan fingerprint density at radius 2 is 2.14 bits per heavy atom. The van der Waals surface area contributed by atoms with Crippen LogP contribution in [0.4, 0.5) is 4.79 Å². The van der Waals surface area contributed by atoms with E-state index in [2.05, 4.69) is 24.5 Å². The molecule has 21 heavy (non-hydrogen) atoms. The second-order valence-corrected chi connectivity index (χ2v) is 7.02. The number of amides is 2. The van der Waals surface area contributed by atoms with Crippen molar-refractivity contribution >= 4 is 23.3 Å². The third-order valence-electron chi connectivity index (χ3n) is 3.98. The van der Waals surface area contributed by atoms with Gasteiger partial charge in [-0.25, -0.2) is 4.79 Å². The van der Waals surface area contributed by atoms with Gasteiger partial charge in [0.2, 0.25) is 0 Å². The maximum absolute atomic E-state index is 12.2. The Morgan fingerprint density at radius 1 is 1.43 bits per heavy atom. The van der Waals surface area contributed by atoms with Crippen LogP contribution in [-0.2, 0) is 4.79 Å². The number of aliphatic carboxylic acids is 1. The van der Waals surface area contributed by atoms with Gasteiger partial charge in [-0.15, -0.1) is 11.3 Å². The van der Waals surface area contributed by atoms with Gasteiger partial charge in [-0.1, -0.05) is 19.9 Å². The number of carboxylic acid groups (broad SMARTS) is 1. The van der Waals surface area contributed by atoms with Gasteiger partial charge < -0.3 is 15.7 Å². The molecule has 1 aliphatic carbocycles. The number of rotatable bonds is 6. The minimum Gasteiger partial charge on any atom is -0.481 e. The summed E-state index contributed by atoms with van der Waals surface area (Å²) in [6.07, 6.45) is 2.42. The molecule has 116 valence electrons. The molecule has 0 aromatic carbocycles. The van der Waals surface area contributed by atoms with Crippen LogP contribution in [0.5, 0.6) is 0 Å². The zero-order valence-electron chi connectivity index (χ0n) is 12.4. The summed E-state index contributed by atoms with van der Waals surface area (Å²) >= 11 is 1.61. The van der Waals surface area contributed by atoms with E-state index >= 15 is 0 Å². The minimum absolute atomic E-state index is 0.00817. The van der Waals surface area contributed by atoms with Gasteiger partial charge in [0.15, 0.2) is 0 Å². The average Bonchev–Trinajstić information content (AvgIpc) is 2.85. The predicted octanol–water partition coefficient (Wildman–Crippen LogP) is 3.14. The Kier molecular flexibility index (Phi) is 4.88. The van der Waals surface area contributed by atoms with Crippen molar-refractivity contribution in [3.8, 4) is 0 Å². The predicted molar refractivity (Wildman–Crippen MR) is 82.4 cm³/mol. The van der Waals surface area contributed by atoms with E-state index in [0.717, 1.165) is 24.1 Å². The van der Waals surface area contributed by atoms with Crippen LogP contribution in [0.15, 0.2) is 17.5 Å². The van der Waals surface area contributed by atoms with Gasteiger partial charge in [0, 0.05) is 4.88 Å². The second kappa shape index (κ2) is 6.47. The Hall–Kier alpha value is -1.56. The molecule has 1 unspecified atom stereocenters. The molecule has 3 N–H and O–H groups in total. The standard InChI is InChI=1S/C15H22N2O3S/c1-10(2)13(11-5-3-8-21-11)16-14(20)17-15(6-4-7-15)9-12(18)19/h3,5,8,10,13H,4,6-7,9H2,1-2H3,(H,18,19)(H2,16,17,20). The van der Waals surface area contributed by atoms with Crippen molar-refractivity contribution in [2.45, 2.75) is 51.1 Å². The summed E-state index contributed by atoms with van der Waals surface area (Å²) in [6, 6.07) is 3.65. The van der Waals surface area contributed by atoms with Crippen LogP contribution in [0.25, 0.3) is 0 Å². The summed E-state index contributed by atoms with van der Waals surface area (Å²) in [5.74, 6) is -0.597. The molecule has 1 aromatic heterocycles. The van der Waals surface area contributed by atoms with E-state index in [4.69, 9.17) is 5.11 Å². The number of nitrogens with one attached hydrogen (secondary N) is 2. The van der Waals surface area contributed by atoms with E-state index < -0.39 is 11.5 Å². The van der Waals surface area contributed by atoms with Gasteiger partial charge in [-0.05, 0) is 36.6 Å². The Morgan fingerprint density at radius 3 is 2.57 bits per heavy atom. The van der Waals surface area contributed by atoms with Crippen LogP contribution in [-0.4, -0.2) is 22.6 Å². The van der Waals surface area contributed by atoms with Gasteiger partial charge in [0.1, 0.15) is 0 Å². The van der Waals surface area contributed by atoms with E-state index in [1.54, 1.807) is 11.3 Å². The molecule has 1 atom stereocenters. The molecule has 6 heteroatoms. The summed E-state index contributed by atoms with van der Waals surface area (Å²) in [7, 11) is 0. The number of carboxylic acids is 1. The molecule has 0 aliphatic heterocycles. The molecule has 1 fully saturated rings. The molecule has 5 nitrogen and oxygen atoms in total. The van der Waals surface area contributed by atoms with E-state index in [1.165, 1.54) is 0 Å². The monoisotopic (exact) mass is 310 g/mol. The third kappa shape index (κ3) is 3.97. The Bertz CT molecular complexity index is 495. The van der Waals surface area contributed by atoms with Crippen LogP contribution in [0.3, 0.4) is 0 Å². The summed E-state index contributed by atoms with van der Waals surface area (Å²) in [4.78, 5) is 24.3. The summed E-state index contributed by atoms with van der Waals surface area (Å²) < 4.78 is 0. The summed E-state index contributed by atoms with van der Waals surface area (Å²) in [5.41, 5.74) is -0.563. The van der Waals surface area contributed by atoms with Crippen LogP contribution < -0.4 is 10.6 Å². The van der Waals surface area contributed by atoms with Gasteiger partial charge in [-0.2, -0.15) is 0 Å². The second-order valence-electron chi connectivity index (χ2n) is 6.04. The molecule has 1 aromatic rings. The molecular weight excluding hydrogens is 288 g/mol.